The quantitative estimate of drug-likeness (QED) is 0.534. The number of benzene rings is 1. The first-order chi connectivity index (χ1) is 16.7. The summed E-state index contributed by atoms with van der Waals surface area (Å²) in [6, 6.07) is 6.84. The number of rotatable bonds is 8. The van der Waals surface area contributed by atoms with Crippen LogP contribution in [0.2, 0.25) is 0 Å². The SMILES string of the molecule is O=C(O)CC(NC(=O)C1N(C(=O)C2CCCO2)CCN1S(=O)(=O)c1cccs1)c1ccc(F)cc1. The van der Waals surface area contributed by atoms with E-state index in [0.717, 1.165) is 27.8 Å². The number of amides is 2. The largest absolute Gasteiger partial charge is 0.481 e. The first-order valence-corrected chi connectivity index (χ1v) is 13.3. The predicted octanol–water partition coefficient (Wildman–Crippen LogP) is 1.56. The van der Waals surface area contributed by atoms with Crippen molar-refractivity contribution in [2.75, 3.05) is 19.7 Å². The van der Waals surface area contributed by atoms with Crippen LogP contribution in [-0.2, 0) is 29.1 Å². The van der Waals surface area contributed by atoms with Gasteiger partial charge in [0.25, 0.3) is 21.8 Å². The third kappa shape index (κ3) is 5.37. The second-order valence-electron chi connectivity index (χ2n) is 8.17. The van der Waals surface area contributed by atoms with Crippen LogP contribution in [0.5, 0.6) is 0 Å². The normalized spacial score (nSPS) is 21.7. The molecule has 2 saturated heterocycles. The van der Waals surface area contributed by atoms with E-state index in [2.05, 4.69) is 5.32 Å². The smallest absolute Gasteiger partial charge is 0.305 e. The number of sulfonamides is 1. The highest BCUT2D eigenvalue weighted by Gasteiger charge is 2.48. The molecule has 35 heavy (non-hydrogen) atoms. The van der Waals surface area contributed by atoms with Gasteiger partial charge in [-0.05, 0) is 42.0 Å². The first kappa shape index (κ1) is 25.2. The van der Waals surface area contributed by atoms with Gasteiger partial charge in [0.15, 0.2) is 6.17 Å². The second kappa shape index (κ2) is 10.4. The number of carboxylic acids is 1. The van der Waals surface area contributed by atoms with Gasteiger partial charge in [-0.1, -0.05) is 18.2 Å². The zero-order chi connectivity index (χ0) is 25.2. The van der Waals surface area contributed by atoms with E-state index in [-0.39, 0.29) is 17.3 Å². The van der Waals surface area contributed by atoms with Crippen molar-refractivity contribution in [1.29, 1.82) is 0 Å². The lowest BCUT2D eigenvalue weighted by atomic mass is 10.0. The summed E-state index contributed by atoms with van der Waals surface area (Å²) >= 11 is 0.983. The Morgan fingerprint density at radius 2 is 1.94 bits per heavy atom. The monoisotopic (exact) mass is 525 g/mol. The van der Waals surface area contributed by atoms with E-state index in [9.17, 15) is 32.3 Å². The average Bonchev–Trinajstić information content (AvgIpc) is 3.60. The van der Waals surface area contributed by atoms with Crippen molar-refractivity contribution < 1.29 is 37.0 Å². The summed E-state index contributed by atoms with van der Waals surface area (Å²) in [5, 5.41) is 13.5. The summed E-state index contributed by atoms with van der Waals surface area (Å²) in [7, 11) is -4.12. The van der Waals surface area contributed by atoms with E-state index in [1.807, 2.05) is 0 Å². The molecule has 1 aromatic heterocycles. The molecule has 0 spiro atoms. The number of nitrogens with one attached hydrogen (secondary N) is 1. The Labute approximate surface area is 205 Å². The number of ether oxygens (including phenoxy) is 1. The minimum atomic E-state index is -4.12. The molecule has 2 aromatic rings. The van der Waals surface area contributed by atoms with Gasteiger partial charge in [-0.15, -0.1) is 11.3 Å². The third-order valence-corrected chi connectivity index (χ3v) is 9.10. The molecule has 1 aromatic carbocycles. The number of hydrogen-bond acceptors (Lipinski definition) is 7. The Kier molecular flexibility index (Phi) is 7.50. The third-order valence-electron chi connectivity index (χ3n) is 5.88. The van der Waals surface area contributed by atoms with Crippen LogP contribution in [0.3, 0.4) is 0 Å². The molecular weight excluding hydrogens is 501 g/mol. The number of carbonyl (C=O) groups is 3. The lowest BCUT2D eigenvalue weighted by molar-refractivity contribution is -0.148. The maximum atomic E-state index is 13.5. The molecule has 2 aliphatic rings. The predicted molar refractivity (Wildman–Crippen MR) is 122 cm³/mol. The summed E-state index contributed by atoms with van der Waals surface area (Å²) in [6.07, 6.45) is -1.71. The van der Waals surface area contributed by atoms with Crippen molar-refractivity contribution in [3.63, 3.8) is 0 Å². The van der Waals surface area contributed by atoms with Crippen LogP contribution in [0.4, 0.5) is 4.39 Å². The average molecular weight is 526 g/mol. The van der Waals surface area contributed by atoms with Gasteiger partial charge < -0.3 is 20.1 Å². The van der Waals surface area contributed by atoms with Gasteiger partial charge in [-0.3, -0.25) is 14.4 Å². The van der Waals surface area contributed by atoms with Crippen LogP contribution in [0.1, 0.15) is 30.9 Å². The lowest BCUT2D eigenvalue weighted by Crippen LogP contribution is -2.55. The van der Waals surface area contributed by atoms with Crippen LogP contribution >= 0.6 is 11.3 Å². The molecule has 2 N–H and O–H groups in total. The number of aliphatic carboxylic acids is 1. The zero-order valence-corrected chi connectivity index (χ0v) is 20.1. The van der Waals surface area contributed by atoms with Crippen LogP contribution in [-0.4, -0.2) is 72.5 Å². The summed E-state index contributed by atoms with van der Waals surface area (Å²) in [5.74, 6) is -3.11. The molecule has 10 nitrogen and oxygen atoms in total. The van der Waals surface area contributed by atoms with E-state index in [4.69, 9.17) is 4.74 Å². The number of thiophene rings is 1. The van der Waals surface area contributed by atoms with Crippen LogP contribution in [0.25, 0.3) is 0 Å². The highest BCUT2D eigenvalue weighted by atomic mass is 32.2. The minimum absolute atomic E-state index is 0.0161. The van der Waals surface area contributed by atoms with Crippen molar-refractivity contribution in [2.45, 2.75) is 41.8 Å². The van der Waals surface area contributed by atoms with Crippen LogP contribution < -0.4 is 5.32 Å². The molecule has 3 heterocycles. The van der Waals surface area contributed by atoms with Gasteiger partial charge in [-0.25, -0.2) is 12.8 Å². The first-order valence-electron chi connectivity index (χ1n) is 10.9. The van der Waals surface area contributed by atoms with Gasteiger partial charge in [0.1, 0.15) is 16.1 Å². The highest BCUT2D eigenvalue weighted by molar-refractivity contribution is 7.91. The fraction of sp³-hybridized carbons (Fsp3) is 0.409. The zero-order valence-electron chi connectivity index (χ0n) is 18.5. The highest BCUT2D eigenvalue weighted by Crippen LogP contribution is 2.30. The van der Waals surface area contributed by atoms with Crippen molar-refractivity contribution >= 4 is 39.1 Å². The fourth-order valence-electron chi connectivity index (χ4n) is 4.21. The molecule has 2 fully saturated rings. The van der Waals surface area contributed by atoms with E-state index in [0.29, 0.717) is 25.0 Å². The fourth-order valence-corrected chi connectivity index (χ4v) is 6.88. The van der Waals surface area contributed by atoms with Gasteiger partial charge >= 0.3 is 5.97 Å². The summed E-state index contributed by atoms with van der Waals surface area (Å²) in [6.45, 7) is 0.252. The molecule has 188 valence electrons. The summed E-state index contributed by atoms with van der Waals surface area (Å²) in [4.78, 5) is 39.3. The molecule has 0 saturated carbocycles. The molecule has 2 amide bonds. The molecule has 4 rings (SSSR count). The standard InChI is InChI=1S/C22H24FN3O7S2/c23-15-7-5-14(6-8-15)16(13-18(27)28)24-20(29)21-25(22(30)17-3-1-11-33-17)9-10-26(21)35(31,32)19-4-2-12-34-19/h2,4-8,12,16-17,21H,1,3,9-11,13H2,(H,24,29)(H,27,28). The van der Waals surface area contributed by atoms with Gasteiger partial charge in [0, 0.05) is 19.7 Å². The maximum absolute atomic E-state index is 13.5. The van der Waals surface area contributed by atoms with E-state index in [1.54, 1.807) is 11.4 Å². The van der Waals surface area contributed by atoms with E-state index < -0.39 is 58.4 Å². The van der Waals surface area contributed by atoms with Gasteiger partial charge in [-0.2, -0.15) is 4.31 Å². The number of nitrogens with zero attached hydrogens (tertiary/aromatic N) is 2. The number of carbonyl (C=O) groups excluding carboxylic acids is 2. The Morgan fingerprint density at radius 1 is 1.20 bits per heavy atom. The number of hydrogen-bond donors (Lipinski definition) is 2. The van der Waals surface area contributed by atoms with Crippen molar-refractivity contribution in [2.24, 2.45) is 0 Å². The molecule has 0 radical (unpaired) electrons. The van der Waals surface area contributed by atoms with Crippen LogP contribution in [0, 0.1) is 5.82 Å². The molecule has 0 aliphatic carbocycles. The number of halogens is 1. The van der Waals surface area contributed by atoms with E-state index in [1.165, 1.54) is 23.1 Å². The van der Waals surface area contributed by atoms with Gasteiger partial charge in [0.2, 0.25) is 0 Å². The summed E-state index contributed by atoms with van der Waals surface area (Å²) < 4.78 is 46.5. The molecule has 2 aliphatic heterocycles. The van der Waals surface area contributed by atoms with Crippen molar-refractivity contribution in [3.8, 4) is 0 Å². The van der Waals surface area contributed by atoms with Crippen LogP contribution in [0.15, 0.2) is 46.0 Å². The second-order valence-corrected chi connectivity index (χ2v) is 11.2. The summed E-state index contributed by atoms with van der Waals surface area (Å²) in [5.41, 5.74) is 0.324. The Bertz CT molecular complexity index is 1180. The Morgan fingerprint density at radius 3 is 2.54 bits per heavy atom. The molecule has 3 unspecified atom stereocenters. The van der Waals surface area contributed by atoms with Gasteiger partial charge in [0.05, 0.1) is 12.5 Å². The Balaban J connectivity index is 1.66. The Hall–Kier alpha value is -2.87. The van der Waals surface area contributed by atoms with Crippen molar-refractivity contribution in [3.05, 3.63) is 53.2 Å². The maximum Gasteiger partial charge on any atom is 0.305 e. The minimum Gasteiger partial charge on any atom is -0.481 e. The molecule has 3 atom stereocenters. The van der Waals surface area contributed by atoms with Crippen molar-refractivity contribution in [1.82, 2.24) is 14.5 Å². The number of carboxylic acid groups (broad SMARTS) is 1. The van der Waals surface area contributed by atoms with E-state index >= 15 is 0 Å². The lowest BCUT2D eigenvalue weighted by Gasteiger charge is -2.31. The molecular formula is C22H24FN3O7S2. The topological polar surface area (TPSA) is 133 Å². The molecule has 0 bridgehead atoms. The molecule has 13 heteroatoms.